The largest absolute Gasteiger partial charge is 0.320 e. The predicted octanol–water partition coefficient (Wildman–Crippen LogP) is 4.71. The van der Waals surface area contributed by atoms with Crippen LogP contribution in [-0.4, -0.2) is 5.91 Å². The topological polar surface area (TPSA) is 33.0 Å². The Morgan fingerprint density at radius 3 is 2.42 bits per heavy atom. The molecule has 3 rings (SSSR count). The average Bonchev–Trinajstić information content (AvgIpc) is 2.69. The molecular weight excluding hydrogens is 320 g/mol. The minimum Gasteiger partial charge on any atom is -0.320 e. The van der Waals surface area contributed by atoms with E-state index in [9.17, 15) is 4.79 Å². The van der Waals surface area contributed by atoms with Crippen molar-refractivity contribution in [3.8, 4) is 11.1 Å². The lowest BCUT2D eigenvalue weighted by Crippen LogP contribution is -2.47. The predicted molar refractivity (Wildman–Crippen MR) is 106 cm³/mol. The van der Waals surface area contributed by atoms with Crippen LogP contribution in [0.5, 0.6) is 0 Å². The summed E-state index contributed by atoms with van der Waals surface area (Å²) in [5.74, 6) is -0.0188. The molecular formula is C23H25N2O+. The van der Waals surface area contributed by atoms with Crippen LogP contribution in [0, 0.1) is 6.92 Å². The van der Waals surface area contributed by atoms with Gasteiger partial charge in [-0.2, -0.15) is 4.57 Å². The van der Waals surface area contributed by atoms with E-state index in [1.807, 2.05) is 60.9 Å². The van der Waals surface area contributed by atoms with Gasteiger partial charge in [0.05, 0.1) is 0 Å². The van der Waals surface area contributed by atoms with Crippen molar-refractivity contribution in [3.05, 3.63) is 84.2 Å². The fourth-order valence-corrected chi connectivity index (χ4v) is 3.09. The summed E-state index contributed by atoms with van der Waals surface area (Å²) >= 11 is 0. The van der Waals surface area contributed by atoms with Crippen LogP contribution in [0.25, 0.3) is 11.1 Å². The van der Waals surface area contributed by atoms with Gasteiger partial charge in [-0.25, -0.2) is 0 Å². The van der Waals surface area contributed by atoms with Crippen molar-refractivity contribution in [2.75, 3.05) is 5.32 Å². The maximum atomic E-state index is 12.9. The molecule has 0 spiro atoms. The third kappa shape index (κ3) is 3.83. The van der Waals surface area contributed by atoms with Gasteiger partial charge in [-0.3, -0.25) is 4.79 Å². The summed E-state index contributed by atoms with van der Waals surface area (Å²) in [6.07, 6.45) is 3.02. The second-order valence-corrected chi connectivity index (χ2v) is 6.52. The number of rotatable bonds is 5. The summed E-state index contributed by atoms with van der Waals surface area (Å²) in [5.41, 5.74) is 5.24. The molecule has 132 valence electrons. The highest BCUT2D eigenvalue weighted by atomic mass is 16.2. The number of aromatic nitrogens is 1. The molecule has 1 amide bonds. The van der Waals surface area contributed by atoms with Crippen molar-refractivity contribution in [2.45, 2.75) is 33.2 Å². The number of hydrogen-bond donors (Lipinski definition) is 1. The highest BCUT2D eigenvalue weighted by Gasteiger charge is 2.25. The number of benzene rings is 2. The van der Waals surface area contributed by atoms with Crippen molar-refractivity contribution in [1.29, 1.82) is 0 Å². The first kappa shape index (κ1) is 17.9. The molecule has 0 aliphatic heterocycles. The van der Waals surface area contributed by atoms with Crippen molar-refractivity contribution in [1.82, 2.24) is 0 Å². The Kier molecular flexibility index (Phi) is 5.47. The Hall–Kier alpha value is -2.94. The molecule has 2 aromatic carbocycles. The van der Waals surface area contributed by atoms with Gasteiger partial charge in [-0.05, 0) is 24.1 Å². The van der Waals surface area contributed by atoms with Crippen LogP contribution < -0.4 is 9.88 Å². The third-order valence-corrected chi connectivity index (χ3v) is 4.73. The van der Waals surface area contributed by atoms with Crippen LogP contribution in [0.2, 0.25) is 0 Å². The van der Waals surface area contributed by atoms with Gasteiger partial charge in [0.15, 0.2) is 11.9 Å². The molecule has 1 atom stereocenters. The van der Waals surface area contributed by atoms with Gasteiger partial charge in [0.25, 0.3) is 5.91 Å². The lowest BCUT2D eigenvalue weighted by molar-refractivity contribution is -0.711. The highest BCUT2D eigenvalue weighted by molar-refractivity contribution is 5.96. The third-order valence-electron chi connectivity index (χ3n) is 4.73. The molecule has 1 aromatic heterocycles. The van der Waals surface area contributed by atoms with Crippen LogP contribution in [0.15, 0.2) is 72.9 Å². The number of aryl methyl sites for hydroxylation is 2. The number of para-hydroxylation sites is 1. The van der Waals surface area contributed by atoms with Crippen molar-refractivity contribution in [3.63, 3.8) is 0 Å². The minimum absolute atomic E-state index is 0.0188. The van der Waals surface area contributed by atoms with Gasteiger partial charge in [0, 0.05) is 36.7 Å². The number of nitrogens with zero attached hydrogens (tertiary/aromatic N) is 1. The van der Waals surface area contributed by atoms with E-state index >= 15 is 0 Å². The first-order valence-electron chi connectivity index (χ1n) is 9.06. The van der Waals surface area contributed by atoms with E-state index in [2.05, 4.69) is 42.7 Å². The summed E-state index contributed by atoms with van der Waals surface area (Å²) in [5, 5.41) is 3.11. The molecule has 0 fully saturated rings. The molecule has 0 radical (unpaired) electrons. The molecule has 3 heteroatoms. The standard InChI is InChI=1S/C23H24N2O/c1-4-19-15-14-17(2)25(16-19)18(3)23(26)24-22-13-9-8-12-21(22)20-10-6-5-7-11-20/h5-16,18H,4H2,1-3H3/p+1/t18-/m0/s1. The normalized spacial score (nSPS) is 11.8. The Morgan fingerprint density at radius 1 is 1.00 bits per heavy atom. The maximum Gasteiger partial charge on any atom is 0.293 e. The lowest BCUT2D eigenvalue weighted by atomic mass is 10.0. The van der Waals surface area contributed by atoms with Gasteiger partial charge in [0.1, 0.15) is 0 Å². The Morgan fingerprint density at radius 2 is 1.69 bits per heavy atom. The number of carbonyl (C=O) groups excluding carboxylic acids is 1. The minimum atomic E-state index is -0.287. The molecule has 0 saturated heterocycles. The fourth-order valence-electron chi connectivity index (χ4n) is 3.09. The first-order valence-corrected chi connectivity index (χ1v) is 9.06. The maximum absolute atomic E-state index is 12.9. The van der Waals surface area contributed by atoms with Crippen molar-refractivity contribution >= 4 is 11.6 Å². The number of nitrogens with one attached hydrogen (secondary N) is 1. The zero-order chi connectivity index (χ0) is 18.5. The second-order valence-electron chi connectivity index (χ2n) is 6.52. The van der Waals surface area contributed by atoms with Crippen LogP contribution in [0.3, 0.4) is 0 Å². The van der Waals surface area contributed by atoms with E-state index < -0.39 is 0 Å². The van der Waals surface area contributed by atoms with Crippen molar-refractivity contribution < 1.29 is 9.36 Å². The zero-order valence-electron chi connectivity index (χ0n) is 15.6. The van der Waals surface area contributed by atoms with Gasteiger partial charge in [-0.1, -0.05) is 55.5 Å². The summed E-state index contributed by atoms with van der Waals surface area (Å²) in [4.78, 5) is 12.9. The van der Waals surface area contributed by atoms with Crippen LogP contribution in [0.1, 0.15) is 31.1 Å². The quantitative estimate of drug-likeness (QED) is 0.667. The van der Waals surface area contributed by atoms with E-state index in [0.29, 0.717) is 0 Å². The summed E-state index contributed by atoms with van der Waals surface area (Å²) in [6.45, 7) is 6.09. The second kappa shape index (κ2) is 7.96. The van der Waals surface area contributed by atoms with E-state index in [0.717, 1.165) is 28.9 Å². The summed E-state index contributed by atoms with van der Waals surface area (Å²) in [6, 6.07) is 21.9. The number of anilines is 1. The fraction of sp³-hybridized carbons (Fsp3) is 0.217. The smallest absolute Gasteiger partial charge is 0.293 e. The first-order chi connectivity index (χ1) is 12.6. The molecule has 0 aliphatic carbocycles. The van der Waals surface area contributed by atoms with Crippen molar-refractivity contribution in [2.24, 2.45) is 0 Å². The SMILES string of the molecule is CCc1ccc(C)[n+]([C@@H](C)C(=O)Nc2ccccc2-c2ccccc2)c1. The average molecular weight is 345 g/mol. The molecule has 0 aliphatic rings. The van der Waals surface area contributed by atoms with Crippen LogP contribution in [-0.2, 0) is 11.2 Å². The van der Waals surface area contributed by atoms with Crippen LogP contribution >= 0.6 is 0 Å². The summed E-state index contributed by atoms with van der Waals surface area (Å²) in [7, 11) is 0. The molecule has 3 aromatic rings. The number of amides is 1. The number of hydrogen-bond acceptors (Lipinski definition) is 1. The van der Waals surface area contributed by atoms with E-state index in [-0.39, 0.29) is 11.9 Å². The molecule has 1 heterocycles. The van der Waals surface area contributed by atoms with E-state index in [4.69, 9.17) is 0 Å². The van der Waals surface area contributed by atoms with E-state index in [1.54, 1.807) is 0 Å². The Balaban J connectivity index is 1.87. The molecule has 3 nitrogen and oxygen atoms in total. The molecule has 0 saturated carbocycles. The van der Waals surface area contributed by atoms with Gasteiger partial charge in [0.2, 0.25) is 6.04 Å². The molecule has 1 N–H and O–H groups in total. The molecule has 26 heavy (non-hydrogen) atoms. The summed E-state index contributed by atoms with van der Waals surface area (Å²) < 4.78 is 2.04. The zero-order valence-corrected chi connectivity index (χ0v) is 15.6. The molecule has 0 bridgehead atoms. The highest BCUT2D eigenvalue weighted by Crippen LogP contribution is 2.27. The van der Waals surface area contributed by atoms with Gasteiger partial charge < -0.3 is 5.32 Å². The lowest BCUT2D eigenvalue weighted by Gasteiger charge is -2.14. The molecule has 0 unspecified atom stereocenters. The van der Waals surface area contributed by atoms with E-state index in [1.165, 1.54) is 5.56 Å². The Bertz CT molecular complexity index is 903. The van der Waals surface area contributed by atoms with Crippen LogP contribution in [0.4, 0.5) is 5.69 Å². The number of pyridine rings is 1. The van der Waals surface area contributed by atoms with Gasteiger partial charge >= 0.3 is 0 Å². The number of carbonyl (C=O) groups is 1. The monoisotopic (exact) mass is 345 g/mol. The Labute approximate surface area is 155 Å². The van der Waals surface area contributed by atoms with Gasteiger partial charge in [-0.15, -0.1) is 0 Å².